The van der Waals surface area contributed by atoms with Crippen molar-refractivity contribution in [2.75, 3.05) is 11.4 Å². The SMILES string of the molecule is CN(c1ccc(C2=NN(I)C(c3ccco3)C2)cc1)S(=O)O. The Kier molecular flexibility index (Phi) is 4.50. The molecule has 0 bridgehead atoms. The summed E-state index contributed by atoms with van der Waals surface area (Å²) in [6.45, 7) is 0. The average molecular weight is 431 g/mol. The monoisotopic (exact) mass is 431 g/mol. The molecule has 0 amide bonds. The summed E-state index contributed by atoms with van der Waals surface area (Å²) < 4.78 is 28.8. The van der Waals surface area contributed by atoms with Gasteiger partial charge in [-0.05, 0) is 29.8 Å². The second kappa shape index (κ2) is 6.39. The van der Waals surface area contributed by atoms with E-state index in [0.717, 1.165) is 23.5 Å². The predicted octanol–water partition coefficient (Wildman–Crippen LogP) is 3.35. The maximum absolute atomic E-state index is 11.1. The van der Waals surface area contributed by atoms with Gasteiger partial charge >= 0.3 is 0 Å². The number of anilines is 1. The fourth-order valence-corrected chi connectivity index (χ4v) is 3.33. The molecule has 2 unspecified atom stereocenters. The van der Waals surface area contributed by atoms with Gasteiger partial charge in [0.15, 0.2) is 0 Å². The summed E-state index contributed by atoms with van der Waals surface area (Å²) in [6.07, 6.45) is 2.43. The maximum Gasteiger partial charge on any atom is 0.261 e. The van der Waals surface area contributed by atoms with Crippen LogP contribution in [0.3, 0.4) is 0 Å². The van der Waals surface area contributed by atoms with Gasteiger partial charge in [-0.2, -0.15) is 5.10 Å². The first-order valence-corrected chi connectivity index (χ1v) is 8.60. The van der Waals surface area contributed by atoms with Crippen LogP contribution in [-0.4, -0.2) is 24.7 Å². The highest BCUT2D eigenvalue weighted by Gasteiger charge is 2.29. The minimum absolute atomic E-state index is 0.0953. The molecule has 0 spiro atoms. The van der Waals surface area contributed by atoms with E-state index in [4.69, 9.17) is 8.97 Å². The summed E-state index contributed by atoms with van der Waals surface area (Å²) in [4.78, 5) is 0. The molecule has 0 fully saturated rings. The van der Waals surface area contributed by atoms with Crippen LogP contribution in [0.25, 0.3) is 0 Å². The zero-order chi connectivity index (χ0) is 15.7. The second-order valence-corrected chi connectivity index (χ2v) is 6.84. The average Bonchev–Trinajstić information content (AvgIpc) is 3.15. The van der Waals surface area contributed by atoms with Crippen molar-refractivity contribution in [2.24, 2.45) is 5.10 Å². The van der Waals surface area contributed by atoms with Gasteiger partial charge in [-0.25, -0.2) is 7.43 Å². The Bertz CT molecular complexity index is 703. The van der Waals surface area contributed by atoms with E-state index in [-0.39, 0.29) is 6.04 Å². The van der Waals surface area contributed by atoms with Gasteiger partial charge in [-0.15, -0.1) is 0 Å². The van der Waals surface area contributed by atoms with Crippen molar-refractivity contribution in [1.29, 1.82) is 0 Å². The lowest BCUT2D eigenvalue weighted by Crippen LogP contribution is -2.19. The van der Waals surface area contributed by atoms with Crippen molar-refractivity contribution < 1.29 is 13.2 Å². The fraction of sp³-hybridized carbons (Fsp3) is 0.214. The Balaban J connectivity index is 1.78. The normalized spacial score (nSPS) is 19.1. The van der Waals surface area contributed by atoms with Gasteiger partial charge in [0.2, 0.25) is 0 Å². The third-order valence-corrected chi connectivity index (χ3v) is 5.10. The Hall–Kier alpha value is -1.39. The molecule has 1 aromatic heterocycles. The standard InChI is InChI=1S/C14H14IN3O3S/c1-17(22(19)20)11-6-4-10(5-7-11)12-9-13(18(15)16-12)14-3-2-8-21-14/h2-8,13H,9H2,1H3,(H,19,20). The van der Waals surface area contributed by atoms with Crippen molar-refractivity contribution in [1.82, 2.24) is 3.22 Å². The number of nitrogens with zero attached hydrogens (tertiary/aromatic N) is 3. The Morgan fingerprint density at radius 3 is 2.73 bits per heavy atom. The molecular formula is C14H14IN3O3S. The number of furan rings is 1. The van der Waals surface area contributed by atoms with Gasteiger partial charge in [-0.3, -0.25) is 8.86 Å². The number of hydrogen-bond acceptors (Lipinski definition) is 4. The highest BCUT2D eigenvalue weighted by Crippen LogP contribution is 2.35. The van der Waals surface area contributed by atoms with E-state index in [1.165, 1.54) is 4.31 Å². The molecular weight excluding hydrogens is 417 g/mol. The fourth-order valence-electron chi connectivity index (χ4n) is 2.30. The van der Waals surface area contributed by atoms with E-state index in [2.05, 4.69) is 28.0 Å². The summed E-state index contributed by atoms with van der Waals surface area (Å²) in [7, 11) is 1.57. The van der Waals surface area contributed by atoms with Gasteiger partial charge in [-0.1, -0.05) is 12.1 Å². The smallest absolute Gasteiger partial charge is 0.261 e. The van der Waals surface area contributed by atoms with Gasteiger partial charge in [0, 0.05) is 13.5 Å². The predicted molar refractivity (Wildman–Crippen MR) is 94.1 cm³/mol. The highest BCUT2D eigenvalue weighted by molar-refractivity contribution is 14.1. The molecule has 1 aliphatic rings. The minimum atomic E-state index is -2.02. The Morgan fingerprint density at radius 1 is 1.41 bits per heavy atom. The van der Waals surface area contributed by atoms with Crippen LogP contribution in [0.5, 0.6) is 0 Å². The third kappa shape index (κ3) is 3.03. The number of halogens is 1. The van der Waals surface area contributed by atoms with Gasteiger partial charge in [0.05, 0.1) is 40.5 Å². The molecule has 3 rings (SSSR count). The number of hydrazone groups is 1. The van der Waals surface area contributed by atoms with Crippen molar-refractivity contribution in [3.8, 4) is 0 Å². The lowest BCUT2D eigenvalue weighted by Gasteiger charge is -2.14. The molecule has 0 saturated heterocycles. The summed E-state index contributed by atoms with van der Waals surface area (Å²) in [6, 6.07) is 11.4. The molecule has 8 heteroatoms. The highest BCUT2D eigenvalue weighted by atomic mass is 127. The van der Waals surface area contributed by atoms with Crippen LogP contribution in [-0.2, 0) is 11.3 Å². The lowest BCUT2D eigenvalue weighted by molar-refractivity contribution is 0.369. The molecule has 1 aromatic carbocycles. The first-order chi connectivity index (χ1) is 10.6. The summed E-state index contributed by atoms with van der Waals surface area (Å²) in [5, 5.41) is 4.56. The van der Waals surface area contributed by atoms with Gasteiger partial charge in [0.25, 0.3) is 11.3 Å². The van der Waals surface area contributed by atoms with E-state index < -0.39 is 11.3 Å². The molecule has 116 valence electrons. The Labute approximate surface area is 144 Å². The molecule has 1 aliphatic heterocycles. The first-order valence-electron chi connectivity index (χ1n) is 6.57. The number of hydrogen-bond donors (Lipinski definition) is 1. The zero-order valence-electron chi connectivity index (χ0n) is 11.7. The quantitative estimate of drug-likeness (QED) is 0.458. The third-order valence-electron chi connectivity index (χ3n) is 3.53. The van der Waals surface area contributed by atoms with Crippen LogP contribution < -0.4 is 4.31 Å². The van der Waals surface area contributed by atoms with Crippen molar-refractivity contribution in [3.05, 3.63) is 54.0 Å². The van der Waals surface area contributed by atoms with E-state index in [9.17, 15) is 4.21 Å². The van der Waals surface area contributed by atoms with Crippen LogP contribution in [0, 0.1) is 0 Å². The van der Waals surface area contributed by atoms with Crippen LogP contribution in [0.15, 0.2) is 52.2 Å². The molecule has 1 N–H and O–H groups in total. The van der Waals surface area contributed by atoms with Crippen molar-refractivity contribution in [3.63, 3.8) is 0 Å². The van der Waals surface area contributed by atoms with Gasteiger partial charge in [0.1, 0.15) is 11.8 Å². The molecule has 2 aromatic rings. The second-order valence-electron chi connectivity index (χ2n) is 4.85. The lowest BCUT2D eigenvalue weighted by atomic mass is 10.0. The molecule has 6 nitrogen and oxygen atoms in total. The minimum Gasteiger partial charge on any atom is -0.467 e. The Morgan fingerprint density at radius 2 is 2.14 bits per heavy atom. The molecule has 0 radical (unpaired) electrons. The largest absolute Gasteiger partial charge is 0.467 e. The zero-order valence-corrected chi connectivity index (χ0v) is 14.7. The van der Waals surface area contributed by atoms with E-state index in [0.29, 0.717) is 5.69 Å². The number of benzene rings is 1. The summed E-state index contributed by atoms with van der Waals surface area (Å²) >= 11 is 0.147. The molecule has 2 atom stereocenters. The van der Waals surface area contributed by atoms with E-state index in [1.807, 2.05) is 39.6 Å². The topological polar surface area (TPSA) is 69.3 Å². The first kappa shape index (κ1) is 15.5. The van der Waals surface area contributed by atoms with E-state index in [1.54, 1.807) is 13.3 Å². The summed E-state index contributed by atoms with van der Waals surface area (Å²) in [5.41, 5.74) is 2.64. The van der Waals surface area contributed by atoms with Crippen molar-refractivity contribution >= 4 is 45.5 Å². The number of rotatable bonds is 4. The summed E-state index contributed by atoms with van der Waals surface area (Å²) in [5.74, 6) is 0.889. The van der Waals surface area contributed by atoms with Gasteiger partial charge < -0.3 is 4.42 Å². The van der Waals surface area contributed by atoms with Crippen molar-refractivity contribution in [2.45, 2.75) is 12.5 Å². The maximum atomic E-state index is 11.1. The van der Waals surface area contributed by atoms with Crippen LogP contribution in [0.1, 0.15) is 23.8 Å². The van der Waals surface area contributed by atoms with E-state index >= 15 is 0 Å². The molecule has 0 aliphatic carbocycles. The van der Waals surface area contributed by atoms with Crippen LogP contribution in [0.4, 0.5) is 5.69 Å². The molecule has 0 saturated carbocycles. The molecule has 22 heavy (non-hydrogen) atoms. The van der Waals surface area contributed by atoms with Crippen LogP contribution in [0.2, 0.25) is 0 Å². The molecule has 2 heterocycles. The van der Waals surface area contributed by atoms with Crippen LogP contribution >= 0.6 is 22.9 Å².